The Morgan fingerprint density at radius 2 is 0.673 bits per heavy atom. The molecule has 5 aromatic carbocycles. The Kier molecular flexibility index (Phi) is 9.09. The molecule has 7 rings (SSSR count). The Morgan fingerprint density at radius 1 is 0.404 bits per heavy atom. The van der Waals surface area contributed by atoms with Gasteiger partial charge >= 0.3 is 11.9 Å². The van der Waals surface area contributed by atoms with E-state index in [-0.39, 0.29) is 23.1 Å². The number of aromatic hydroxyl groups is 2. The van der Waals surface area contributed by atoms with E-state index in [1.165, 1.54) is 14.2 Å². The van der Waals surface area contributed by atoms with E-state index in [4.69, 9.17) is 29.4 Å². The van der Waals surface area contributed by atoms with Crippen molar-refractivity contribution in [2.24, 2.45) is 0 Å². The summed E-state index contributed by atoms with van der Waals surface area (Å²) in [6, 6.07) is 34.1. The van der Waals surface area contributed by atoms with Gasteiger partial charge in [0, 0.05) is 22.3 Å². The van der Waals surface area contributed by atoms with Crippen molar-refractivity contribution in [2.75, 3.05) is 14.2 Å². The summed E-state index contributed by atoms with van der Waals surface area (Å²) in [7, 11) is 2.63. The summed E-state index contributed by atoms with van der Waals surface area (Å²) in [5, 5.41) is 21.3. The van der Waals surface area contributed by atoms with Crippen LogP contribution in [0.25, 0.3) is 68.3 Å². The van der Waals surface area contributed by atoms with E-state index in [9.17, 15) is 19.8 Å². The molecule has 12 heteroatoms. The standard InChI is InChI=1S/C40H28N6O6/c1-51-39(49)27-19-15-25(16-20-27)35-41-33(43-37(45-35)29-7-3-5-9-31(29)47)23-11-13-24(14-12-23)34-42-36(26-17-21-28(22-18-26)40(50)52-2)46-38(44-34)30-8-4-6-10-32(30)48/h3-22,47-48H,1-2H3. The van der Waals surface area contributed by atoms with Gasteiger partial charge in [-0.05, 0) is 48.5 Å². The molecule has 0 aliphatic heterocycles. The Morgan fingerprint density at radius 3 is 0.962 bits per heavy atom. The summed E-state index contributed by atoms with van der Waals surface area (Å²) in [6.45, 7) is 0. The van der Waals surface area contributed by atoms with Crippen LogP contribution in [0.5, 0.6) is 11.5 Å². The lowest BCUT2D eigenvalue weighted by atomic mass is 10.1. The molecule has 2 N–H and O–H groups in total. The van der Waals surface area contributed by atoms with Gasteiger partial charge in [0.2, 0.25) is 0 Å². The predicted molar refractivity (Wildman–Crippen MR) is 192 cm³/mol. The third kappa shape index (κ3) is 6.76. The molecular weight excluding hydrogens is 660 g/mol. The van der Waals surface area contributed by atoms with Crippen molar-refractivity contribution < 1.29 is 29.3 Å². The van der Waals surface area contributed by atoms with Crippen molar-refractivity contribution in [3.63, 3.8) is 0 Å². The maximum Gasteiger partial charge on any atom is 0.337 e. The first-order valence-electron chi connectivity index (χ1n) is 15.9. The fourth-order valence-corrected chi connectivity index (χ4v) is 5.35. The number of hydrogen-bond donors (Lipinski definition) is 2. The van der Waals surface area contributed by atoms with E-state index in [0.29, 0.717) is 67.8 Å². The number of methoxy groups -OCH3 is 2. The first kappa shape index (κ1) is 33.2. The smallest absolute Gasteiger partial charge is 0.337 e. The normalized spacial score (nSPS) is 10.8. The average Bonchev–Trinajstić information content (AvgIpc) is 3.20. The van der Waals surface area contributed by atoms with Gasteiger partial charge in [-0.3, -0.25) is 0 Å². The van der Waals surface area contributed by atoms with Crippen LogP contribution < -0.4 is 0 Å². The zero-order valence-electron chi connectivity index (χ0n) is 27.8. The number of ether oxygens (including phenoxy) is 2. The van der Waals surface area contributed by atoms with Crippen LogP contribution in [0.1, 0.15) is 20.7 Å². The summed E-state index contributed by atoms with van der Waals surface area (Å²) in [5.41, 5.74) is 4.13. The van der Waals surface area contributed by atoms with Crippen molar-refractivity contribution >= 4 is 11.9 Å². The van der Waals surface area contributed by atoms with E-state index in [1.54, 1.807) is 97.1 Å². The molecule has 0 saturated carbocycles. The molecule has 0 fully saturated rings. The number of benzene rings is 5. The van der Waals surface area contributed by atoms with Crippen LogP contribution in [0.4, 0.5) is 0 Å². The van der Waals surface area contributed by atoms with Crippen LogP contribution in [0, 0.1) is 0 Å². The minimum absolute atomic E-state index is 0.00724. The van der Waals surface area contributed by atoms with Crippen LogP contribution in [0.2, 0.25) is 0 Å². The van der Waals surface area contributed by atoms with Gasteiger partial charge in [0.15, 0.2) is 34.9 Å². The zero-order valence-corrected chi connectivity index (χ0v) is 27.8. The Hall–Kier alpha value is -7.34. The van der Waals surface area contributed by atoms with Gasteiger partial charge in [-0.15, -0.1) is 0 Å². The number of esters is 2. The van der Waals surface area contributed by atoms with Gasteiger partial charge in [-0.1, -0.05) is 72.8 Å². The fraction of sp³-hybridized carbons (Fsp3) is 0.0500. The highest BCUT2D eigenvalue weighted by Crippen LogP contribution is 2.32. The number of carbonyl (C=O) groups is 2. The summed E-state index contributed by atoms with van der Waals surface area (Å²) < 4.78 is 9.65. The summed E-state index contributed by atoms with van der Waals surface area (Å²) in [6.07, 6.45) is 0. The summed E-state index contributed by atoms with van der Waals surface area (Å²) >= 11 is 0. The lowest BCUT2D eigenvalue weighted by Gasteiger charge is -2.11. The van der Waals surface area contributed by atoms with Gasteiger partial charge in [-0.25, -0.2) is 39.5 Å². The van der Waals surface area contributed by atoms with Gasteiger partial charge in [0.1, 0.15) is 11.5 Å². The van der Waals surface area contributed by atoms with E-state index in [2.05, 4.69) is 9.97 Å². The van der Waals surface area contributed by atoms with Gasteiger partial charge < -0.3 is 19.7 Å². The first-order chi connectivity index (χ1) is 25.3. The SMILES string of the molecule is COC(=O)c1ccc(-c2nc(-c3ccc(-c4nc(-c5ccc(C(=O)OC)cc5)nc(-c5ccccc5O)n4)cc3)nc(-c3ccccc3O)n2)cc1. The molecule has 0 aliphatic carbocycles. The van der Waals surface area contributed by atoms with Gasteiger partial charge in [-0.2, -0.15) is 0 Å². The van der Waals surface area contributed by atoms with E-state index in [1.807, 2.05) is 24.3 Å². The number of hydrogen-bond acceptors (Lipinski definition) is 12. The highest BCUT2D eigenvalue weighted by Gasteiger charge is 2.18. The Labute approximate surface area is 297 Å². The lowest BCUT2D eigenvalue weighted by molar-refractivity contribution is 0.0592. The molecule has 0 saturated heterocycles. The van der Waals surface area contributed by atoms with Crippen LogP contribution in [0.3, 0.4) is 0 Å². The molecular formula is C40H28N6O6. The molecule has 52 heavy (non-hydrogen) atoms. The molecule has 0 spiro atoms. The molecule has 254 valence electrons. The third-order valence-electron chi connectivity index (χ3n) is 8.09. The molecule has 0 bridgehead atoms. The maximum atomic E-state index is 12.0. The van der Waals surface area contributed by atoms with E-state index >= 15 is 0 Å². The molecule has 0 radical (unpaired) electrons. The molecule has 0 unspecified atom stereocenters. The second-order valence-electron chi connectivity index (χ2n) is 11.4. The first-order valence-corrected chi connectivity index (χ1v) is 15.9. The number of para-hydroxylation sites is 2. The number of nitrogens with zero attached hydrogens (tertiary/aromatic N) is 6. The molecule has 2 aromatic heterocycles. The number of phenolic OH excluding ortho intramolecular Hbond substituents is 2. The number of phenols is 2. The van der Waals surface area contributed by atoms with Gasteiger partial charge in [0.05, 0.1) is 36.5 Å². The average molecular weight is 689 g/mol. The molecule has 7 aromatic rings. The number of rotatable bonds is 8. The number of aromatic nitrogens is 6. The van der Waals surface area contributed by atoms with Gasteiger partial charge in [0.25, 0.3) is 0 Å². The minimum Gasteiger partial charge on any atom is -0.507 e. The van der Waals surface area contributed by atoms with Crippen molar-refractivity contribution in [1.82, 2.24) is 29.9 Å². The minimum atomic E-state index is -0.465. The van der Waals surface area contributed by atoms with Crippen LogP contribution in [-0.4, -0.2) is 66.3 Å². The van der Waals surface area contributed by atoms with Crippen LogP contribution in [0.15, 0.2) is 121 Å². The molecule has 2 heterocycles. The second kappa shape index (κ2) is 14.3. The highest BCUT2D eigenvalue weighted by atomic mass is 16.5. The molecule has 0 atom stereocenters. The van der Waals surface area contributed by atoms with Crippen molar-refractivity contribution in [2.45, 2.75) is 0 Å². The zero-order chi connectivity index (χ0) is 36.2. The summed E-state index contributed by atoms with van der Waals surface area (Å²) in [4.78, 5) is 52.2. The van der Waals surface area contributed by atoms with E-state index in [0.717, 1.165) is 0 Å². The van der Waals surface area contributed by atoms with Crippen molar-refractivity contribution in [1.29, 1.82) is 0 Å². The number of carbonyl (C=O) groups excluding carboxylic acids is 2. The quantitative estimate of drug-likeness (QED) is 0.156. The van der Waals surface area contributed by atoms with Crippen LogP contribution in [-0.2, 0) is 9.47 Å². The molecule has 12 nitrogen and oxygen atoms in total. The Balaban J connectivity index is 1.30. The lowest BCUT2D eigenvalue weighted by Crippen LogP contribution is -2.03. The topological polar surface area (TPSA) is 170 Å². The Bertz CT molecular complexity index is 2260. The van der Waals surface area contributed by atoms with Crippen LogP contribution >= 0.6 is 0 Å². The monoisotopic (exact) mass is 688 g/mol. The predicted octanol–water partition coefficient (Wildman–Crippen LogP) is 7.04. The fourth-order valence-electron chi connectivity index (χ4n) is 5.35. The maximum absolute atomic E-state index is 12.0. The largest absolute Gasteiger partial charge is 0.507 e. The third-order valence-corrected chi connectivity index (χ3v) is 8.09. The highest BCUT2D eigenvalue weighted by molar-refractivity contribution is 5.90. The summed E-state index contributed by atoms with van der Waals surface area (Å²) in [5.74, 6) is 0.930. The molecule has 0 amide bonds. The van der Waals surface area contributed by atoms with Crippen molar-refractivity contribution in [3.05, 3.63) is 132 Å². The molecule has 0 aliphatic rings. The van der Waals surface area contributed by atoms with E-state index < -0.39 is 11.9 Å². The second-order valence-corrected chi connectivity index (χ2v) is 11.4. The van der Waals surface area contributed by atoms with Crippen molar-refractivity contribution in [3.8, 4) is 79.8 Å².